The smallest absolute Gasteiger partial charge is 0.235 e. The Morgan fingerprint density at radius 2 is 2.17 bits per heavy atom. The Morgan fingerprint density at radius 1 is 1.50 bits per heavy atom. The molecule has 1 rings (SSSR count). The molecule has 6 heteroatoms. The van der Waals surface area contributed by atoms with Crippen molar-refractivity contribution >= 4 is 16.7 Å². The summed E-state index contributed by atoms with van der Waals surface area (Å²) in [5.74, 6) is 0.811. The van der Waals surface area contributed by atoms with Crippen molar-refractivity contribution in [1.82, 2.24) is 10.5 Å². The van der Waals surface area contributed by atoms with Crippen LogP contribution in [0.2, 0.25) is 0 Å². The molecule has 0 bridgehead atoms. The van der Waals surface area contributed by atoms with Gasteiger partial charge in [0.2, 0.25) is 5.91 Å². The van der Waals surface area contributed by atoms with E-state index in [9.17, 15) is 9.00 Å². The summed E-state index contributed by atoms with van der Waals surface area (Å²) in [4.78, 5) is 11.7. The van der Waals surface area contributed by atoms with Crippen LogP contribution >= 0.6 is 0 Å². The maximum atomic E-state index is 12.1. The van der Waals surface area contributed by atoms with Crippen LogP contribution in [-0.2, 0) is 21.3 Å². The van der Waals surface area contributed by atoms with E-state index >= 15 is 0 Å². The van der Waals surface area contributed by atoms with Crippen LogP contribution in [0.25, 0.3) is 0 Å². The Balaban J connectivity index is 2.63. The van der Waals surface area contributed by atoms with Crippen LogP contribution < -0.4 is 5.32 Å². The van der Waals surface area contributed by atoms with Crippen LogP contribution in [0.1, 0.15) is 37.3 Å². The molecule has 2 atom stereocenters. The third-order valence-electron chi connectivity index (χ3n) is 2.78. The van der Waals surface area contributed by atoms with Gasteiger partial charge in [-0.15, -0.1) is 0 Å². The lowest BCUT2D eigenvalue weighted by atomic mass is 10.2. The lowest BCUT2D eigenvalue weighted by Gasteiger charge is -2.11. The minimum atomic E-state index is -1.26. The number of aryl methyl sites for hydroxylation is 2. The molecule has 0 radical (unpaired) electrons. The van der Waals surface area contributed by atoms with Gasteiger partial charge in [0, 0.05) is 22.9 Å². The Labute approximate surface area is 110 Å². The van der Waals surface area contributed by atoms with Crippen molar-refractivity contribution in [3.63, 3.8) is 0 Å². The predicted molar refractivity (Wildman–Crippen MR) is 70.6 cm³/mol. The first-order valence-corrected chi connectivity index (χ1v) is 7.42. The van der Waals surface area contributed by atoms with Gasteiger partial charge in [0.05, 0.1) is 11.4 Å². The molecule has 0 saturated heterocycles. The number of carbonyl (C=O) groups excluding carboxylic acids is 1. The summed E-state index contributed by atoms with van der Waals surface area (Å²) in [6.45, 7) is 7.87. The molecule has 1 aromatic rings. The fourth-order valence-electron chi connectivity index (χ4n) is 1.49. The first-order valence-electron chi connectivity index (χ1n) is 6.04. The normalized spacial score (nSPS) is 14.2. The summed E-state index contributed by atoms with van der Waals surface area (Å²) in [5.41, 5.74) is 1.57. The van der Waals surface area contributed by atoms with Gasteiger partial charge >= 0.3 is 0 Å². The van der Waals surface area contributed by atoms with Crippen LogP contribution in [-0.4, -0.2) is 27.1 Å². The molecule has 1 aromatic heterocycles. The molecule has 0 fully saturated rings. The van der Waals surface area contributed by atoms with Crippen LogP contribution in [0.4, 0.5) is 0 Å². The van der Waals surface area contributed by atoms with E-state index in [-0.39, 0.29) is 5.91 Å². The molecule has 0 saturated carbocycles. The summed E-state index contributed by atoms with van der Waals surface area (Å²) in [6.07, 6.45) is 0.870. The highest BCUT2D eigenvalue weighted by molar-refractivity contribution is 7.85. The highest BCUT2D eigenvalue weighted by atomic mass is 32.2. The van der Waals surface area contributed by atoms with Gasteiger partial charge in [-0.1, -0.05) is 12.1 Å². The molecular weight excluding hydrogens is 252 g/mol. The topological polar surface area (TPSA) is 72.2 Å². The third-order valence-corrected chi connectivity index (χ3v) is 4.36. The Morgan fingerprint density at radius 3 is 2.67 bits per heavy atom. The third kappa shape index (κ3) is 3.66. The molecular formula is C12H20N2O3S. The van der Waals surface area contributed by atoms with Crippen molar-refractivity contribution in [2.24, 2.45) is 0 Å². The number of nitrogens with zero attached hydrogens (tertiary/aromatic N) is 1. The van der Waals surface area contributed by atoms with Gasteiger partial charge in [-0.2, -0.15) is 0 Å². The first kappa shape index (κ1) is 14.9. The van der Waals surface area contributed by atoms with E-state index in [1.165, 1.54) is 0 Å². The van der Waals surface area contributed by atoms with Crippen LogP contribution in [0.15, 0.2) is 4.52 Å². The summed E-state index contributed by atoms with van der Waals surface area (Å²) < 4.78 is 17.1. The Kier molecular flexibility index (Phi) is 5.53. The molecule has 1 N–H and O–H groups in total. The average Bonchev–Trinajstić information content (AvgIpc) is 2.66. The van der Waals surface area contributed by atoms with E-state index in [1.54, 1.807) is 13.8 Å². The fraction of sp³-hybridized carbons (Fsp3) is 0.667. The van der Waals surface area contributed by atoms with E-state index < -0.39 is 16.0 Å². The van der Waals surface area contributed by atoms with E-state index in [0.29, 0.717) is 18.1 Å². The van der Waals surface area contributed by atoms with Crippen molar-refractivity contribution in [2.75, 3.05) is 6.54 Å². The first-order chi connectivity index (χ1) is 8.47. The standard InChI is InChI=1S/C12H20N2O3S/c1-5-6-13-12(15)10(4)18(16)7-11-8(2)14-17-9(11)3/h10H,5-7H2,1-4H3,(H,13,15)/t10-,18-/m0/s1. The second-order valence-electron chi connectivity index (χ2n) is 4.26. The minimum Gasteiger partial charge on any atom is -0.361 e. The van der Waals surface area contributed by atoms with Gasteiger partial charge in [0.25, 0.3) is 0 Å². The molecule has 18 heavy (non-hydrogen) atoms. The molecule has 102 valence electrons. The van der Waals surface area contributed by atoms with Crippen molar-refractivity contribution < 1.29 is 13.5 Å². The van der Waals surface area contributed by atoms with Gasteiger partial charge in [0.15, 0.2) is 0 Å². The molecule has 1 amide bonds. The number of rotatable bonds is 6. The summed E-state index contributed by atoms with van der Waals surface area (Å²) in [7, 11) is -1.26. The van der Waals surface area contributed by atoms with E-state index in [0.717, 1.165) is 17.7 Å². The Bertz CT molecular complexity index is 423. The summed E-state index contributed by atoms with van der Waals surface area (Å²) >= 11 is 0. The molecule has 5 nitrogen and oxygen atoms in total. The van der Waals surface area contributed by atoms with Gasteiger partial charge in [-0.3, -0.25) is 9.00 Å². The van der Waals surface area contributed by atoms with Crippen molar-refractivity contribution in [2.45, 2.75) is 45.1 Å². The number of aromatic nitrogens is 1. The maximum absolute atomic E-state index is 12.1. The molecule has 0 aliphatic heterocycles. The number of carbonyl (C=O) groups is 1. The van der Waals surface area contributed by atoms with Crippen molar-refractivity contribution in [1.29, 1.82) is 0 Å². The largest absolute Gasteiger partial charge is 0.361 e. The monoisotopic (exact) mass is 272 g/mol. The molecule has 0 aromatic carbocycles. The molecule has 0 aliphatic carbocycles. The zero-order valence-corrected chi connectivity index (χ0v) is 12.1. The highest BCUT2D eigenvalue weighted by Gasteiger charge is 2.22. The van der Waals surface area contributed by atoms with Crippen molar-refractivity contribution in [3.05, 3.63) is 17.0 Å². The summed E-state index contributed by atoms with van der Waals surface area (Å²) in [5, 5.41) is 6.04. The second-order valence-corrected chi connectivity index (χ2v) is 6.02. The zero-order chi connectivity index (χ0) is 13.7. The number of amides is 1. The lowest BCUT2D eigenvalue weighted by Crippen LogP contribution is -2.36. The SMILES string of the molecule is CCCNC(=O)[C@H](C)[S@@](=O)Cc1c(C)noc1C. The summed E-state index contributed by atoms with van der Waals surface area (Å²) in [6, 6.07) is 0. The molecule has 0 aliphatic rings. The fourth-order valence-corrected chi connectivity index (χ4v) is 2.76. The van der Waals surface area contributed by atoms with Gasteiger partial charge < -0.3 is 9.84 Å². The molecule has 1 heterocycles. The van der Waals surface area contributed by atoms with E-state index in [4.69, 9.17) is 4.52 Å². The maximum Gasteiger partial charge on any atom is 0.235 e. The van der Waals surface area contributed by atoms with Gasteiger partial charge in [-0.25, -0.2) is 0 Å². The van der Waals surface area contributed by atoms with Gasteiger partial charge in [0.1, 0.15) is 11.0 Å². The van der Waals surface area contributed by atoms with E-state index in [2.05, 4.69) is 10.5 Å². The van der Waals surface area contributed by atoms with Crippen LogP contribution in [0.5, 0.6) is 0 Å². The molecule has 0 spiro atoms. The number of hydrogen-bond acceptors (Lipinski definition) is 4. The van der Waals surface area contributed by atoms with Crippen LogP contribution in [0, 0.1) is 13.8 Å². The highest BCUT2D eigenvalue weighted by Crippen LogP contribution is 2.16. The average molecular weight is 272 g/mol. The Hall–Kier alpha value is -1.17. The van der Waals surface area contributed by atoms with Crippen LogP contribution in [0.3, 0.4) is 0 Å². The second kappa shape index (κ2) is 6.68. The van der Waals surface area contributed by atoms with Crippen molar-refractivity contribution in [3.8, 4) is 0 Å². The number of hydrogen-bond donors (Lipinski definition) is 1. The minimum absolute atomic E-state index is 0.165. The molecule has 0 unspecified atom stereocenters. The van der Waals surface area contributed by atoms with Gasteiger partial charge in [-0.05, 0) is 27.2 Å². The van der Waals surface area contributed by atoms with E-state index in [1.807, 2.05) is 13.8 Å². The lowest BCUT2D eigenvalue weighted by molar-refractivity contribution is -0.120. The number of nitrogens with one attached hydrogen (secondary N) is 1. The predicted octanol–water partition coefficient (Wildman–Crippen LogP) is 1.45. The quantitative estimate of drug-likeness (QED) is 0.851. The zero-order valence-electron chi connectivity index (χ0n) is 11.3.